The third-order valence-corrected chi connectivity index (χ3v) is 4.31. The fraction of sp³-hybridized carbons (Fsp3) is 0.333. The third-order valence-electron chi connectivity index (χ3n) is 4.31. The maximum absolute atomic E-state index is 9.55. The summed E-state index contributed by atoms with van der Waals surface area (Å²) in [5.41, 5.74) is 10.5. The highest BCUT2D eigenvalue weighted by molar-refractivity contribution is 5.35. The van der Waals surface area contributed by atoms with E-state index in [4.69, 9.17) is 5.73 Å². The quantitative estimate of drug-likeness (QED) is 0.895. The van der Waals surface area contributed by atoms with E-state index < -0.39 is 0 Å². The van der Waals surface area contributed by atoms with E-state index in [9.17, 15) is 5.11 Å². The third kappa shape index (κ3) is 2.70. The standard InChI is InChI=1S/C18H21NO/c19-18(12-13-5-3-8-15(20)11-13)17-10-4-7-14-6-1-2-9-16(14)17/h1-3,5-6,8-9,11,17-18,20H,4,7,10,12,19H2. The normalized spacial score (nSPS) is 19.4. The Morgan fingerprint density at radius 2 is 2.00 bits per heavy atom. The largest absolute Gasteiger partial charge is 0.508 e. The van der Waals surface area contributed by atoms with Gasteiger partial charge in [0.1, 0.15) is 5.75 Å². The van der Waals surface area contributed by atoms with Crippen LogP contribution in [0.25, 0.3) is 0 Å². The first kappa shape index (κ1) is 13.2. The summed E-state index contributed by atoms with van der Waals surface area (Å²) < 4.78 is 0. The Kier molecular flexibility index (Phi) is 3.75. The van der Waals surface area contributed by atoms with Crippen molar-refractivity contribution >= 4 is 0 Å². The van der Waals surface area contributed by atoms with Crippen LogP contribution in [0.2, 0.25) is 0 Å². The zero-order chi connectivity index (χ0) is 13.9. The zero-order valence-electron chi connectivity index (χ0n) is 11.6. The second-order valence-electron chi connectivity index (χ2n) is 5.74. The maximum Gasteiger partial charge on any atom is 0.115 e. The van der Waals surface area contributed by atoms with E-state index in [0.29, 0.717) is 11.7 Å². The highest BCUT2D eigenvalue weighted by Gasteiger charge is 2.25. The Hall–Kier alpha value is -1.80. The minimum absolute atomic E-state index is 0.109. The van der Waals surface area contributed by atoms with Crippen LogP contribution in [0.4, 0.5) is 0 Å². The molecule has 0 spiro atoms. The summed E-state index contributed by atoms with van der Waals surface area (Å²) in [5, 5.41) is 9.55. The highest BCUT2D eigenvalue weighted by atomic mass is 16.3. The predicted molar refractivity (Wildman–Crippen MR) is 81.9 cm³/mol. The number of fused-ring (bicyclic) bond motifs is 1. The molecule has 2 aromatic rings. The van der Waals surface area contributed by atoms with Gasteiger partial charge in [-0.2, -0.15) is 0 Å². The molecule has 0 aliphatic heterocycles. The van der Waals surface area contributed by atoms with Crippen LogP contribution in [0.1, 0.15) is 35.4 Å². The van der Waals surface area contributed by atoms with Crippen LogP contribution < -0.4 is 5.73 Å². The van der Waals surface area contributed by atoms with E-state index in [1.807, 2.05) is 18.2 Å². The number of rotatable bonds is 3. The summed E-state index contributed by atoms with van der Waals surface area (Å²) >= 11 is 0. The molecule has 3 rings (SSSR count). The summed E-state index contributed by atoms with van der Waals surface area (Å²) in [6.07, 6.45) is 4.37. The Labute approximate surface area is 120 Å². The van der Waals surface area contributed by atoms with E-state index in [0.717, 1.165) is 18.4 Å². The van der Waals surface area contributed by atoms with Gasteiger partial charge in [0, 0.05) is 6.04 Å². The van der Waals surface area contributed by atoms with Crippen LogP contribution in [0, 0.1) is 0 Å². The van der Waals surface area contributed by atoms with Crippen molar-refractivity contribution in [3.63, 3.8) is 0 Å². The molecule has 0 amide bonds. The van der Waals surface area contributed by atoms with Gasteiger partial charge in [0.25, 0.3) is 0 Å². The molecule has 0 saturated carbocycles. The molecular formula is C18H21NO. The summed E-state index contributed by atoms with van der Waals surface area (Å²) in [6.45, 7) is 0. The van der Waals surface area contributed by atoms with Crippen molar-refractivity contribution in [3.05, 3.63) is 65.2 Å². The molecule has 20 heavy (non-hydrogen) atoms. The first-order valence-electron chi connectivity index (χ1n) is 7.35. The molecule has 2 aromatic carbocycles. The Balaban J connectivity index is 1.80. The van der Waals surface area contributed by atoms with Crippen molar-refractivity contribution in [2.75, 3.05) is 0 Å². The lowest BCUT2D eigenvalue weighted by molar-refractivity contribution is 0.456. The molecule has 2 unspecified atom stereocenters. The van der Waals surface area contributed by atoms with Gasteiger partial charge in [-0.3, -0.25) is 0 Å². The van der Waals surface area contributed by atoms with E-state index in [-0.39, 0.29) is 6.04 Å². The van der Waals surface area contributed by atoms with Gasteiger partial charge in [-0.25, -0.2) is 0 Å². The van der Waals surface area contributed by atoms with Gasteiger partial charge in [-0.15, -0.1) is 0 Å². The number of phenolic OH excluding ortho intramolecular Hbond substituents is 1. The molecule has 0 aromatic heterocycles. The first-order valence-corrected chi connectivity index (χ1v) is 7.35. The number of aromatic hydroxyl groups is 1. The first-order chi connectivity index (χ1) is 9.74. The molecule has 2 nitrogen and oxygen atoms in total. The minimum atomic E-state index is 0.109. The predicted octanol–water partition coefficient (Wildman–Crippen LogP) is 3.38. The van der Waals surface area contributed by atoms with Gasteiger partial charge >= 0.3 is 0 Å². The molecular weight excluding hydrogens is 246 g/mol. The summed E-state index contributed by atoms with van der Waals surface area (Å²) in [7, 11) is 0. The minimum Gasteiger partial charge on any atom is -0.508 e. The number of benzene rings is 2. The molecule has 0 saturated heterocycles. The summed E-state index contributed by atoms with van der Waals surface area (Å²) in [5.74, 6) is 0.751. The van der Waals surface area contributed by atoms with Crippen LogP contribution in [0.3, 0.4) is 0 Å². The number of hydrogen-bond acceptors (Lipinski definition) is 2. The van der Waals surface area contributed by atoms with Crippen molar-refractivity contribution in [1.29, 1.82) is 0 Å². The van der Waals surface area contributed by atoms with E-state index in [1.165, 1.54) is 24.0 Å². The Morgan fingerprint density at radius 3 is 2.85 bits per heavy atom. The molecule has 2 heteroatoms. The number of phenols is 1. The molecule has 2 atom stereocenters. The number of aryl methyl sites for hydroxylation is 1. The second-order valence-corrected chi connectivity index (χ2v) is 5.74. The Bertz CT molecular complexity index is 593. The molecule has 1 aliphatic rings. The molecule has 1 aliphatic carbocycles. The summed E-state index contributed by atoms with van der Waals surface area (Å²) in [6, 6.07) is 16.2. The van der Waals surface area contributed by atoms with Gasteiger partial charge in [0.2, 0.25) is 0 Å². The van der Waals surface area contributed by atoms with Gasteiger partial charge in [-0.05, 0) is 60.4 Å². The fourth-order valence-corrected chi connectivity index (χ4v) is 3.33. The lowest BCUT2D eigenvalue weighted by atomic mass is 9.77. The lowest BCUT2D eigenvalue weighted by Gasteiger charge is -2.30. The smallest absolute Gasteiger partial charge is 0.115 e. The summed E-state index contributed by atoms with van der Waals surface area (Å²) in [4.78, 5) is 0. The van der Waals surface area contributed by atoms with Crippen molar-refractivity contribution in [3.8, 4) is 5.75 Å². The van der Waals surface area contributed by atoms with Crippen LogP contribution in [-0.4, -0.2) is 11.1 Å². The van der Waals surface area contributed by atoms with Crippen LogP contribution >= 0.6 is 0 Å². The molecule has 0 fully saturated rings. The van der Waals surface area contributed by atoms with Crippen molar-refractivity contribution < 1.29 is 5.11 Å². The second kappa shape index (κ2) is 5.68. The van der Waals surface area contributed by atoms with E-state index >= 15 is 0 Å². The molecule has 104 valence electrons. The monoisotopic (exact) mass is 267 g/mol. The van der Waals surface area contributed by atoms with Gasteiger partial charge in [0.05, 0.1) is 0 Å². The van der Waals surface area contributed by atoms with Crippen LogP contribution in [0.15, 0.2) is 48.5 Å². The molecule has 3 N–H and O–H groups in total. The lowest BCUT2D eigenvalue weighted by Crippen LogP contribution is -2.33. The zero-order valence-corrected chi connectivity index (χ0v) is 11.6. The maximum atomic E-state index is 9.55. The number of hydrogen-bond donors (Lipinski definition) is 2. The molecule has 0 heterocycles. The SMILES string of the molecule is NC(Cc1cccc(O)c1)C1CCCc2ccccc21. The molecule has 0 radical (unpaired) electrons. The van der Waals surface area contributed by atoms with E-state index in [1.54, 1.807) is 6.07 Å². The average molecular weight is 267 g/mol. The van der Waals surface area contributed by atoms with Crippen LogP contribution in [-0.2, 0) is 12.8 Å². The van der Waals surface area contributed by atoms with Crippen LogP contribution in [0.5, 0.6) is 5.75 Å². The average Bonchev–Trinajstić information content (AvgIpc) is 2.46. The number of nitrogens with two attached hydrogens (primary N) is 1. The topological polar surface area (TPSA) is 46.2 Å². The fourth-order valence-electron chi connectivity index (χ4n) is 3.33. The molecule has 0 bridgehead atoms. The van der Waals surface area contributed by atoms with Gasteiger partial charge in [-0.1, -0.05) is 36.4 Å². The van der Waals surface area contributed by atoms with E-state index in [2.05, 4.69) is 24.3 Å². The van der Waals surface area contributed by atoms with Crippen molar-refractivity contribution in [1.82, 2.24) is 0 Å². The van der Waals surface area contributed by atoms with Gasteiger partial charge < -0.3 is 10.8 Å². The Morgan fingerprint density at radius 1 is 1.15 bits per heavy atom. The highest BCUT2D eigenvalue weighted by Crippen LogP contribution is 2.34. The van der Waals surface area contributed by atoms with Crippen molar-refractivity contribution in [2.24, 2.45) is 5.73 Å². The van der Waals surface area contributed by atoms with Crippen molar-refractivity contribution in [2.45, 2.75) is 37.6 Å². The van der Waals surface area contributed by atoms with Gasteiger partial charge in [0.15, 0.2) is 0 Å².